The SMILES string of the molecule is CCCNCCn1nnnc1SCC(C)(O)C(C)C. The second-order valence-electron chi connectivity index (χ2n) is 5.24. The molecule has 2 N–H and O–H groups in total. The van der Waals surface area contributed by atoms with Crippen molar-refractivity contribution in [3.8, 4) is 0 Å². The van der Waals surface area contributed by atoms with E-state index in [1.165, 1.54) is 11.8 Å². The van der Waals surface area contributed by atoms with Crippen molar-refractivity contribution < 1.29 is 5.11 Å². The highest BCUT2D eigenvalue weighted by molar-refractivity contribution is 7.99. The highest BCUT2D eigenvalue weighted by Crippen LogP contribution is 2.25. The minimum Gasteiger partial charge on any atom is -0.389 e. The molecule has 0 saturated carbocycles. The van der Waals surface area contributed by atoms with E-state index in [4.69, 9.17) is 0 Å². The lowest BCUT2D eigenvalue weighted by atomic mass is 9.95. The smallest absolute Gasteiger partial charge is 0.209 e. The van der Waals surface area contributed by atoms with Gasteiger partial charge in [0.2, 0.25) is 5.16 Å². The first-order chi connectivity index (χ1) is 8.97. The summed E-state index contributed by atoms with van der Waals surface area (Å²) in [5.74, 6) is 0.795. The number of rotatable bonds is 9. The quantitative estimate of drug-likeness (QED) is 0.524. The van der Waals surface area contributed by atoms with E-state index >= 15 is 0 Å². The third-order valence-electron chi connectivity index (χ3n) is 3.16. The summed E-state index contributed by atoms with van der Waals surface area (Å²) >= 11 is 1.50. The van der Waals surface area contributed by atoms with Gasteiger partial charge in [0.05, 0.1) is 12.1 Å². The molecule has 6 nitrogen and oxygen atoms in total. The van der Waals surface area contributed by atoms with Crippen molar-refractivity contribution in [2.75, 3.05) is 18.8 Å². The monoisotopic (exact) mass is 287 g/mol. The van der Waals surface area contributed by atoms with E-state index in [1.54, 1.807) is 4.68 Å². The molecule has 0 spiro atoms. The first kappa shape index (κ1) is 16.4. The average molecular weight is 287 g/mol. The van der Waals surface area contributed by atoms with Crippen LogP contribution in [0.1, 0.15) is 34.1 Å². The third-order valence-corrected chi connectivity index (χ3v) is 4.44. The number of hydrogen-bond donors (Lipinski definition) is 2. The van der Waals surface area contributed by atoms with Crippen LogP contribution in [0.4, 0.5) is 0 Å². The van der Waals surface area contributed by atoms with Crippen LogP contribution in [-0.4, -0.2) is 49.8 Å². The molecule has 0 aromatic carbocycles. The molecule has 1 heterocycles. The molecule has 0 aliphatic carbocycles. The van der Waals surface area contributed by atoms with Crippen molar-refractivity contribution in [1.82, 2.24) is 25.5 Å². The molecule has 1 aromatic rings. The van der Waals surface area contributed by atoms with Crippen LogP contribution < -0.4 is 5.32 Å². The largest absolute Gasteiger partial charge is 0.389 e. The van der Waals surface area contributed by atoms with Crippen LogP contribution in [0.15, 0.2) is 5.16 Å². The van der Waals surface area contributed by atoms with Crippen molar-refractivity contribution in [3.05, 3.63) is 0 Å². The maximum absolute atomic E-state index is 10.2. The minimum absolute atomic E-state index is 0.204. The average Bonchev–Trinajstić information content (AvgIpc) is 2.79. The van der Waals surface area contributed by atoms with Gasteiger partial charge in [0.25, 0.3) is 0 Å². The Morgan fingerprint density at radius 2 is 2.16 bits per heavy atom. The Kier molecular flexibility index (Phi) is 6.74. The number of nitrogens with zero attached hydrogens (tertiary/aromatic N) is 4. The molecule has 0 aliphatic rings. The second-order valence-corrected chi connectivity index (χ2v) is 6.18. The van der Waals surface area contributed by atoms with Crippen LogP contribution in [0.25, 0.3) is 0 Å². The summed E-state index contributed by atoms with van der Waals surface area (Å²) in [5, 5.41) is 26.0. The Labute approximate surface area is 119 Å². The van der Waals surface area contributed by atoms with Gasteiger partial charge < -0.3 is 10.4 Å². The lowest BCUT2D eigenvalue weighted by Crippen LogP contribution is -2.34. The standard InChI is InChI=1S/C12H25N5OS/c1-5-6-13-7-8-17-11(14-15-16-17)19-9-12(4,18)10(2)3/h10,13,18H,5-9H2,1-4H3. The second kappa shape index (κ2) is 7.81. The van der Waals surface area contributed by atoms with Gasteiger partial charge in [-0.25, -0.2) is 4.68 Å². The highest BCUT2D eigenvalue weighted by Gasteiger charge is 2.26. The zero-order chi connectivity index (χ0) is 14.3. The molecule has 1 rings (SSSR count). The first-order valence-corrected chi connectivity index (χ1v) is 7.78. The van der Waals surface area contributed by atoms with Crippen LogP contribution in [0, 0.1) is 5.92 Å². The number of aromatic nitrogens is 4. The lowest BCUT2D eigenvalue weighted by molar-refractivity contribution is 0.0375. The highest BCUT2D eigenvalue weighted by atomic mass is 32.2. The van der Waals surface area contributed by atoms with Gasteiger partial charge in [-0.05, 0) is 36.2 Å². The number of hydrogen-bond acceptors (Lipinski definition) is 6. The van der Waals surface area contributed by atoms with Crippen LogP contribution in [0.3, 0.4) is 0 Å². The predicted octanol–water partition coefficient (Wildman–Crippen LogP) is 1.17. The summed E-state index contributed by atoms with van der Waals surface area (Å²) < 4.78 is 1.78. The summed E-state index contributed by atoms with van der Waals surface area (Å²) in [7, 11) is 0. The van der Waals surface area contributed by atoms with Gasteiger partial charge in [0.15, 0.2) is 0 Å². The Bertz CT molecular complexity index is 367. The van der Waals surface area contributed by atoms with Crippen molar-refractivity contribution in [2.24, 2.45) is 5.92 Å². The topological polar surface area (TPSA) is 75.9 Å². The maximum atomic E-state index is 10.2. The molecule has 0 aliphatic heterocycles. The van der Waals surface area contributed by atoms with E-state index in [0.717, 1.165) is 31.2 Å². The van der Waals surface area contributed by atoms with E-state index in [1.807, 2.05) is 20.8 Å². The van der Waals surface area contributed by atoms with Gasteiger partial charge in [-0.3, -0.25) is 0 Å². The zero-order valence-corrected chi connectivity index (χ0v) is 13.1. The Morgan fingerprint density at radius 3 is 2.79 bits per heavy atom. The summed E-state index contributed by atoms with van der Waals surface area (Å²) in [6, 6.07) is 0. The summed E-state index contributed by atoms with van der Waals surface area (Å²) in [5.41, 5.74) is -0.706. The van der Waals surface area contributed by atoms with Gasteiger partial charge in [0, 0.05) is 12.3 Å². The molecule has 7 heteroatoms. The van der Waals surface area contributed by atoms with E-state index in [2.05, 4.69) is 27.8 Å². The van der Waals surface area contributed by atoms with E-state index in [0.29, 0.717) is 5.75 Å². The molecule has 1 unspecified atom stereocenters. The van der Waals surface area contributed by atoms with E-state index in [9.17, 15) is 5.11 Å². The Morgan fingerprint density at radius 1 is 1.42 bits per heavy atom. The fraction of sp³-hybridized carbons (Fsp3) is 0.917. The molecule has 1 aromatic heterocycles. The summed E-state index contributed by atoms with van der Waals surface area (Å²) in [4.78, 5) is 0. The van der Waals surface area contributed by atoms with Gasteiger partial charge >= 0.3 is 0 Å². The minimum atomic E-state index is -0.706. The van der Waals surface area contributed by atoms with Crippen LogP contribution in [-0.2, 0) is 6.54 Å². The van der Waals surface area contributed by atoms with Gasteiger partial charge in [-0.15, -0.1) is 5.10 Å². The Hall–Kier alpha value is -0.660. The molecule has 0 fully saturated rings. The van der Waals surface area contributed by atoms with Gasteiger partial charge in [-0.2, -0.15) is 0 Å². The van der Waals surface area contributed by atoms with E-state index in [-0.39, 0.29) is 5.92 Å². The molecule has 0 radical (unpaired) electrons. The van der Waals surface area contributed by atoms with Crippen LogP contribution >= 0.6 is 11.8 Å². The molecule has 0 amide bonds. The number of aliphatic hydroxyl groups is 1. The molecule has 19 heavy (non-hydrogen) atoms. The van der Waals surface area contributed by atoms with Gasteiger partial charge in [-0.1, -0.05) is 32.5 Å². The van der Waals surface area contributed by atoms with E-state index < -0.39 is 5.60 Å². The molecule has 0 saturated heterocycles. The van der Waals surface area contributed by atoms with Crippen LogP contribution in [0.5, 0.6) is 0 Å². The summed E-state index contributed by atoms with van der Waals surface area (Å²) in [6.07, 6.45) is 1.12. The molecule has 0 bridgehead atoms. The van der Waals surface area contributed by atoms with Crippen molar-refractivity contribution in [2.45, 2.75) is 51.4 Å². The zero-order valence-electron chi connectivity index (χ0n) is 12.3. The van der Waals surface area contributed by atoms with Gasteiger partial charge in [0.1, 0.15) is 0 Å². The Balaban J connectivity index is 2.44. The summed E-state index contributed by atoms with van der Waals surface area (Å²) in [6.45, 7) is 10.6. The number of nitrogens with one attached hydrogen (secondary N) is 1. The van der Waals surface area contributed by atoms with Crippen molar-refractivity contribution in [1.29, 1.82) is 0 Å². The van der Waals surface area contributed by atoms with Crippen LogP contribution in [0.2, 0.25) is 0 Å². The fourth-order valence-electron chi connectivity index (χ4n) is 1.30. The molecule has 1 atom stereocenters. The predicted molar refractivity (Wildman–Crippen MR) is 77.2 cm³/mol. The lowest BCUT2D eigenvalue weighted by Gasteiger charge is -2.26. The van der Waals surface area contributed by atoms with Crippen molar-refractivity contribution in [3.63, 3.8) is 0 Å². The molecular weight excluding hydrogens is 262 g/mol. The molecular formula is C12H25N5OS. The fourth-order valence-corrected chi connectivity index (χ4v) is 2.43. The number of tetrazole rings is 1. The normalized spacial score (nSPS) is 14.8. The first-order valence-electron chi connectivity index (χ1n) is 6.79. The third kappa shape index (κ3) is 5.46. The van der Waals surface area contributed by atoms with Crippen molar-refractivity contribution >= 4 is 11.8 Å². The molecule has 110 valence electrons. The number of thioether (sulfide) groups is 1. The maximum Gasteiger partial charge on any atom is 0.209 e.